The van der Waals surface area contributed by atoms with Gasteiger partial charge in [0.15, 0.2) is 6.10 Å². The molecular weight excluding hydrogens is 280 g/mol. The molecule has 1 aromatic rings. The topological polar surface area (TPSA) is 84.5 Å². The summed E-state index contributed by atoms with van der Waals surface area (Å²) in [5.74, 6) is -1.28. The number of esters is 1. The van der Waals surface area contributed by atoms with Crippen molar-refractivity contribution < 1.29 is 19.1 Å². The van der Waals surface area contributed by atoms with E-state index in [0.717, 1.165) is 4.90 Å². The molecule has 0 aliphatic rings. The highest BCUT2D eigenvalue weighted by atomic mass is 32.2. The summed E-state index contributed by atoms with van der Waals surface area (Å²) in [6, 6.07) is 6.28. The Bertz CT molecular complexity index is 519. The van der Waals surface area contributed by atoms with Crippen molar-refractivity contribution in [3.8, 4) is 0 Å². The molecule has 0 fully saturated rings. The smallest absolute Gasteiger partial charge is 0.340 e. The summed E-state index contributed by atoms with van der Waals surface area (Å²) in [5, 5.41) is 4.28. The molecule has 6 nitrogen and oxygen atoms in total. The maximum Gasteiger partial charge on any atom is 0.340 e. The number of ether oxygens (including phenoxy) is 1. The third-order valence-corrected chi connectivity index (χ3v) is 3.24. The summed E-state index contributed by atoms with van der Waals surface area (Å²) in [6.07, 6.45) is 0.781. The maximum atomic E-state index is 12.0. The second kappa shape index (κ2) is 7.54. The van der Waals surface area contributed by atoms with Crippen molar-refractivity contribution in [2.75, 3.05) is 13.3 Å². The number of hydrogen-bond acceptors (Lipinski definition) is 5. The number of carbonyl (C=O) groups excluding carboxylic acids is 3. The number of hydrogen-bond donors (Lipinski definition) is 2. The quantitative estimate of drug-likeness (QED) is 0.648. The van der Waals surface area contributed by atoms with Crippen molar-refractivity contribution in [1.29, 1.82) is 0 Å². The number of nitrogens with one attached hydrogen (secondary N) is 2. The lowest BCUT2D eigenvalue weighted by atomic mass is 10.2. The van der Waals surface area contributed by atoms with E-state index in [-0.39, 0.29) is 0 Å². The zero-order chi connectivity index (χ0) is 15.1. The molecule has 0 spiro atoms. The predicted octanol–water partition coefficient (Wildman–Crippen LogP) is 1.41. The Morgan fingerprint density at radius 3 is 2.50 bits per heavy atom. The molecule has 0 bridgehead atoms. The van der Waals surface area contributed by atoms with Gasteiger partial charge >= 0.3 is 12.0 Å². The molecule has 0 radical (unpaired) electrons. The van der Waals surface area contributed by atoms with Crippen molar-refractivity contribution in [3.05, 3.63) is 29.8 Å². The van der Waals surface area contributed by atoms with Gasteiger partial charge in [-0.25, -0.2) is 9.59 Å². The minimum absolute atomic E-state index is 0.389. The van der Waals surface area contributed by atoms with Gasteiger partial charge in [0.05, 0.1) is 5.56 Å². The first-order valence-electron chi connectivity index (χ1n) is 5.86. The van der Waals surface area contributed by atoms with E-state index in [4.69, 9.17) is 4.74 Å². The molecule has 1 atom stereocenters. The molecular formula is C13H16N2O4S. The molecule has 7 heteroatoms. The maximum absolute atomic E-state index is 12.0. The predicted molar refractivity (Wildman–Crippen MR) is 75.7 cm³/mol. The van der Waals surface area contributed by atoms with E-state index >= 15 is 0 Å². The minimum atomic E-state index is -1.06. The lowest BCUT2D eigenvalue weighted by Gasteiger charge is -2.13. The average molecular weight is 296 g/mol. The Labute approximate surface area is 121 Å². The fourth-order valence-corrected chi connectivity index (χ4v) is 1.95. The van der Waals surface area contributed by atoms with E-state index in [9.17, 15) is 14.4 Å². The number of amides is 3. The van der Waals surface area contributed by atoms with Crippen LogP contribution in [0.2, 0.25) is 0 Å². The van der Waals surface area contributed by atoms with Crippen LogP contribution in [0.1, 0.15) is 17.3 Å². The van der Waals surface area contributed by atoms with Gasteiger partial charge in [-0.2, -0.15) is 0 Å². The molecule has 0 saturated carbocycles. The zero-order valence-electron chi connectivity index (χ0n) is 11.4. The molecule has 20 heavy (non-hydrogen) atoms. The SMILES string of the molecule is CNC(=O)NC(=O)[C@H](C)OC(=O)c1ccccc1SC. The Morgan fingerprint density at radius 1 is 1.25 bits per heavy atom. The Morgan fingerprint density at radius 2 is 1.90 bits per heavy atom. The number of carbonyl (C=O) groups is 3. The molecule has 0 aliphatic carbocycles. The minimum Gasteiger partial charge on any atom is -0.449 e. The summed E-state index contributed by atoms with van der Waals surface area (Å²) in [7, 11) is 1.38. The standard InChI is InChI=1S/C13H16N2O4S/c1-8(11(16)15-13(18)14-2)19-12(17)9-6-4-5-7-10(9)20-3/h4-8H,1-3H3,(H2,14,15,16,18)/t8-/m0/s1. The van der Waals surface area contributed by atoms with E-state index in [0.29, 0.717) is 5.56 Å². The van der Waals surface area contributed by atoms with Gasteiger partial charge in [0.25, 0.3) is 5.91 Å². The largest absolute Gasteiger partial charge is 0.449 e. The van der Waals surface area contributed by atoms with E-state index in [1.807, 2.05) is 17.6 Å². The number of thioether (sulfide) groups is 1. The van der Waals surface area contributed by atoms with Crippen molar-refractivity contribution in [2.45, 2.75) is 17.9 Å². The fraction of sp³-hybridized carbons (Fsp3) is 0.308. The number of benzene rings is 1. The van der Waals surface area contributed by atoms with Crippen LogP contribution in [0.15, 0.2) is 29.2 Å². The normalized spacial score (nSPS) is 11.3. The third kappa shape index (κ3) is 4.27. The van der Waals surface area contributed by atoms with Gasteiger partial charge in [-0.15, -0.1) is 11.8 Å². The highest BCUT2D eigenvalue weighted by Gasteiger charge is 2.21. The second-order valence-corrected chi connectivity index (χ2v) is 4.66. The van der Waals surface area contributed by atoms with E-state index in [1.54, 1.807) is 18.2 Å². The van der Waals surface area contributed by atoms with Gasteiger partial charge < -0.3 is 10.1 Å². The zero-order valence-corrected chi connectivity index (χ0v) is 12.2. The van der Waals surface area contributed by atoms with Crippen molar-refractivity contribution in [3.63, 3.8) is 0 Å². The van der Waals surface area contributed by atoms with Crippen LogP contribution in [0, 0.1) is 0 Å². The van der Waals surface area contributed by atoms with Crippen molar-refractivity contribution >= 4 is 29.7 Å². The molecule has 0 heterocycles. The van der Waals surface area contributed by atoms with Gasteiger partial charge in [-0.1, -0.05) is 12.1 Å². The highest BCUT2D eigenvalue weighted by Crippen LogP contribution is 2.20. The van der Waals surface area contributed by atoms with Crippen LogP contribution in [0.5, 0.6) is 0 Å². The molecule has 2 N–H and O–H groups in total. The summed E-state index contributed by atoms with van der Waals surface area (Å²) in [4.78, 5) is 35.3. The van der Waals surface area contributed by atoms with Crippen LogP contribution >= 0.6 is 11.8 Å². The van der Waals surface area contributed by atoms with E-state index in [1.165, 1.54) is 25.7 Å². The van der Waals surface area contributed by atoms with Crippen LogP contribution < -0.4 is 10.6 Å². The third-order valence-electron chi connectivity index (χ3n) is 2.44. The number of urea groups is 1. The van der Waals surface area contributed by atoms with E-state index in [2.05, 4.69) is 5.32 Å². The lowest BCUT2D eigenvalue weighted by molar-refractivity contribution is -0.127. The highest BCUT2D eigenvalue weighted by molar-refractivity contribution is 7.98. The Kier molecular flexibility index (Phi) is 6.05. The van der Waals surface area contributed by atoms with Gasteiger partial charge in [0.1, 0.15) is 0 Å². The van der Waals surface area contributed by atoms with Gasteiger partial charge in [0, 0.05) is 11.9 Å². The lowest BCUT2D eigenvalue weighted by Crippen LogP contribution is -2.43. The molecule has 1 rings (SSSR count). The Balaban J connectivity index is 2.70. The van der Waals surface area contributed by atoms with Crippen LogP contribution in [0.25, 0.3) is 0 Å². The molecule has 108 valence electrons. The fourth-order valence-electron chi connectivity index (χ4n) is 1.37. The number of rotatable bonds is 4. The molecule has 1 aromatic carbocycles. The molecule has 0 unspecified atom stereocenters. The molecule has 3 amide bonds. The molecule has 0 aromatic heterocycles. The van der Waals surface area contributed by atoms with Crippen molar-refractivity contribution in [1.82, 2.24) is 10.6 Å². The monoisotopic (exact) mass is 296 g/mol. The van der Waals surface area contributed by atoms with Crippen LogP contribution in [0.4, 0.5) is 4.79 Å². The first kappa shape index (κ1) is 16.0. The van der Waals surface area contributed by atoms with Gasteiger partial charge in [0.2, 0.25) is 0 Å². The van der Waals surface area contributed by atoms with Gasteiger partial charge in [-0.3, -0.25) is 10.1 Å². The van der Waals surface area contributed by atoms with Gasteiger partial charge in [-0.05, 0) is 25.3 Å². The molecule has 0 aliphatic heterocycles. The summed E-state index contributed by atoms with van der Waals surface area (Å²) < 4.78 is 5.04. The van der Waals surface area contributed by atoms with Crippen molar-refractivity contribution in [2.24, 2.45) is 0 Å². The van der Waals surface area contributed by atoms with Crippen LogP contribution in [-0.2, 0) is 9.53 Å². The number of imide groups is 1. The molecule has 0 saturated heterocycles. The first-order chi connectivity index (χ1) is 9.49. The average Bonchev–Trinajstić information content (AvgIpc) is 2.46. The second-order valence-electron chi connectivity index (χ2n) is 3.82. The Hall–Kier alpha value is -2.02. The summed E-state index contributed by atoms with van der Waals surface area (Å²) in [6.45, 7) is 1.40. The first-order valence-corrected chi connectivity index (χ1v) is 7.08. The van der Waals surface area contributed by atoms with E-state index < -0.39 is 24.0 Å². The summed E-state index contributed by atoms with van der Waals surface area (Å²) >= 11 is 1.41. The summed E-state index contributed by atoms with van der Waals surface area (Å²) in [5.41, 5.74) is 0.389. The van der Waals surface area contributed by atoms with Crippen LogP contribution in [0.3, 0.4) is 0 Å². The van der Waals surface area contributed by atoms with Crippen LogP contribution in [-0.4, -0.2) is 37.3 Å².